The maximum atomic E-state index is 12.6. The second-order valence-corrected chi connectivity index (χ2v) is 6.07. The number of hydrogen-bond donors (Lipinski definition) is 1. The fourth-order valence-electron chi connectivity index (χ4n) is 3.50. The van der Waals surface area contributed by atoms with Gasteiger partial charge in [-0.05, 0) is 44.7 Å². The van der Waals surface area contributed by atoms with Crippen LogP contribution in [0.15, 0.2) is 0 Å². The Morgan fingerprint density at radius 3 is 2.40 bits per heavy atom. The molecule has 1 rings (SSSR count). The normalized spacial score (nSPS) is 28.1. The maximum absolute atomic E-state index is 12.6. The van der Waals surface area contributed by atoms with Crippen LogP contribution in [0.2, 0.25) is 0 Å². The van der Waals surface area contributed by atoms with Crippen LogP contribution in [-0.2, 0) is 0 Å². The van der Waals surface area contributed by atoms with Gasteiger partial charge in [0.1, 0.15) is 0 Å². The summed E-state index contributed by atoms with van der Waals surface area (Å²) >= 11 is 0. The first-order valence-electron chi connectivity index (χ1n) is 7.85. The molecule has 0 radical (unpaired) electrons. The van der Waals surface area contributed by atoms with Crippen molar-refractivity contribution in [2.45, 2.75) is 58.2 Å². The molecule has 1 saturated carbocycles. The molecule has 0 bridgehead atoms. The van der Waals surface area contributed by atoms with E-state index < -0.39 is 12.7 Å². The van der Waals surface area contributed by atoms with Gasteiger partial charge in [0.25, 0.3) is 0 Å². The molecule has 0 aromatic carbocycles. The smallest absolute Gasteiger partial charge is 0.317 e. The summed E-state index contributed by atoms with van der Waals surface area (Å²) in [6.07, 6.45) is 1.65. The molecule has 0 amide bonds. The van der Waals surface area contributed by atoms with Gasteiger partial charge in [-0.1, -0.05) is 26.7 Å². The molecule has 3 atom stereocenters. The van der Waals surface area contributed by atoms with E-state index >= 15 is 0 Å². The van der Waals surface area contributed by atoms with Gasteiger partial charge in [-0.3, -0.25) is 4.90 Å². The van der Waals surface area contributed by atoms with E-state index in [-0.39, 0.29) is 0 Å². The number of halogens is 3. The molecule has 1 fully saturated rings. The Morgan fingerprint density at radius 1 is 1.20 bits per heavy atom. The molecule has 120 valence electrons. The van der Waals surface area contributed by atoms with Crippen molar-refractivity contribution in [2.75, 3.05) is 26.7 Å². The molecule has 1 aliphatic rings. The monoisotopic (exact) mass is 294 g/mol. The molecule has 20 heavy (non-hydrogen) atoms. The van der Waals surface area contributed by atoms with Gasteiger partial charge in [0.15, 0.2) is 0 Å². The van der Waals surface area contributed by atoms with Crippen LogP contribution >= 0.6 is 0 Å². The van der Waals surface area contributed by atoms with E-state index in [1.54, 1.807) is 4.90 Å². The van der Waals surface area contributed by atoms with Crippen molar-refractivity contribution >= 4 is 0 Å². The molecule has 3 unspecified atom stereocenters. The first-order valence-corrected chi connectivity index (χ1v) is 7.85. The van der Waals surface area contributed by atoms with Crippen molar-refractivity contribution < 1.29 is 13.2 Å². The average molecular weight is 294 g/mol. The summed E-state index contributed by atoms with van der Waals surface area (Å²) in [5.41, 5.74) is 0. The molecule has 2 nitrogen and oxygen atoms in total. The van der Waals surface area contributed by atoms with E-state index in [1.165, 1.54) is 19.3 Å². The topological polar surface area (TPSA) is 15.3 Å². The number of hydrogen-bond acceptors (Lipinski definition) is 2. The maximum Gasteiger partial charge on any atom is 0.401 e. The molecule has 0 heterocycles. The third kappa shape index (κ3) is 6.00. The third-order valence-electron chi connectivity index (χ3n) is 4.50. The van der Waals surface area contributed by atoms with Gasteiger partial charge >= 0.3 is 6.18 Å². The second-order valence-electron chi connectivity index (χ2n) is 6.07. The summed E-state index contributed by atoms with van der Waals surface area (Å²) in [5.74, 6) is 1.03. The van der Waals surface area contributed by atoms with Crippen LogP contribution in [-0.4, -0.2) is 43.8 Å². The molecular weight excluding hydrogens is 265 g/mol. The van der Waals surface area contributed by atoms with Crippen molar-refractivity contribution in [1.82, 2.24) is 10.2 Å². The zero-order valence-corrected chi connectivity index (χ0v) is 13.0. The minimum atomic E-state index is -4.09. The van der Waals surface area contributed by atoms with Crippen molar-refractivity contribution in [2.24, 2.45) is 11.8 Å². The van der Waals surface area contributed by atoms with Crippen molar-refractivity contribution in [3.05, 3.63) is 0 Å². The summed E-state index contributed by atoms with van der Waals surface area (Å²) in [4.78, 5) is 1.54. The molecule has 0 aromatic heterocycles. The van der Waals surface area contributed by atoms with Gasteiger partial charge in [-0.25, -0.2) is 0 Å². The summed E-state index contributed by atoms with van der Waals surface area (Å²) in [6, 6.07) is 0.366. The van der Waals surface area contributed by atoms with Gasteiger partial charge in [-0.15, -0.1) is 0 Å². The summed E-state index contributed by atoms with van der Waals surface area (Å²) in [7, 11) is 1.93. The Kier molecular flexibility index (Phi) is 7.30. The lowest BCUT2D eigenvalue weighted by molar-refractivity contribution is -0.147. The largest absolute Gasteiger partial charge is 0.401 e. The quantitative estimate of drug-likeness (QED) is 0.770. The predicted octanol–water partition coefficient (Wildman–Crippen LogP) is 3.68. The Morgan fingerprint density at radius 2 is 1.90 bits per heavy atom. The lowest BCUT2D eigenvalue weighted by atomic mass is 9.76. The molecule has 0 spiro atoms. The minimum absolute atomic E-state index is 0.340. The standard InChI is InChI=1S/C15H29F3N2/c1-4-6-12-7-8-14(19-3)13(9-12)10-20(5-2)11-15(16,17)18/h12-14,19H,4-11H2,1-3H3. The highest BCUT2D eigenvalue weighted by Gasteiger charge is 2.34. The first-order chi connectivity index (χ1) is 9.39. The fourth-order valence-corrected chi connectivity index (χ4v) is 3.50. The average Bonchev–Trinajstić information content (AvgIpc) is 2.37. The predicted molar refractivity (Wildman–Crippen MR) is 76.8 cm³/mol. The first kappa shape index (κ1) is 17.8. The van der Waals surface area contributed by atoms with Crippen LogP contribution in [0, 0.1) is 11.8 Å². The Labute approximate surface area is 121 Å². The number of nitrogens with one attached hydrogen (secondary N) is 1. The molecular formula is C15H29F3N2. The summed E-state index contributed by atoms with van der Waals surface area (Å²) in [6.45, 7) is 4.23. The van der Waals surface area contributed by atoms with Crippen LogP contribution < -0.4 is 5.32 Å². The molecule has 0 aromatic rings. The second kappa shape index (κ2) is 8.23. The lowest BCUT2D eigenvalue weighted by Crippen LogP contribution is -2.46. The molecule has 0 aliphatic heterocycles. The van der Waals surface area contributed by atoms with E-state index in [0.29, 0.717) is 31.0 Å². The number of alkyl halides is 3. The third-order valence-corrected chi connectivity index (χ3v) is 4.50. The van der Waals surface area contributed by atoms with Crippen LogP contribution in [0.5, 0.6) is 0 Å². The highest BCUT2D eigenvalue weighted by molar-refractivity contribution is 4.86. The Bertz CT molecular complexity index is 268. The Balaban J connectivity index is 2.58. The summed E-state index contributed by atoms with van der Waals surface area (Å²) in [5, 5.41) is 3.30. The van der Waals surface area contributed by atoms with Gasteiger partial charge in [0.05, 0.1) is 6.54 Å². The molecule has 5 heteroatoms. The van der Waals surface area contributed by atoms with Gasteiger partial charge in [0, 0.05) is 12.6 Å². The van der Waals surface area contributed by atoms with Gasteiger partial charge in [-0.2, -0.15) is 13.2 Å². The van der Waals surface area contributed by atoms with E-state index in [2.05, 4.69) is 12.2 Å². The number of rotatable bonds is 7. The fraction of sp³-hybridized carbons (Fsp3) is 1.00. The van der Waals surface area contributed by atoms with Crippen molar-refractivity contribution in [3.63, 3.8) is 0 Å². The molecule has 1 N–H and O–H groups in total. The zero-order chi connectivity index (χ0) is 15.2. The highest BCUT2D eigenvalue weighted by Crippen LogP contribution is 2.33. The SMILES string of the molecule is CCCC1CCC(NC)C(CN(CC)CC(F)(F)F)C1. The van der Waals surface area contributed by atoms with Crippen molar-refractivity contribution in [1.29, 1.82) is 0 Å². The van der Waals surface area contributed by atoms with E-state index in [0.717, 1.165) is 12.8 Å². The van der Waals surface area contributed by atoms with Crippen LogP contribution in [0.3, 0.4) is 0 Å². The van der Waals surface area contributed by atoms with Gasteiger partial charge < -0.3 is 5.32 Å². The number of nitrogens with zero attached hydrogens (tertiary/aromatic N) is 1. The minimum Gasteiger partial charge on any atom is -0.317 e. The van der Waals surface area contributed by atoms with Crippen LogP contribution in [0.25, 0.3) is 0 Å². The zero-order valence-electron chi connectivity index (χ0n) is 13.0. The van der Waals surface area contributed by atoms with Crippen LogP contribution in [0.4, 0.5) is 13.2 Å². The van der Waals surface area contributed by atoms with Crippen LogP contribution in [0.1, 0.15) is 46.0 Å². The van der Waals surface area contributed by atoms with Crippen molar-refractivity contribution in [3.8, 4) is 0 Å². The van der Waals surface area contributed by atoms with Gasteiger partial charge in [0.2, 0.25) is 0 Å². The Hall–Kier alpha value is -0.290. The lowest BCUT2D eigenvalue weighted by Gasteiger charge is -2.39. The van der Waals surface area contributed by atoms with E-state index in [1.807, 2.05) is 14.0 Å². The molecule has 1 aliphatic carbocycles. The highest BCUT2D eigenvalue weighted by atomic mass is 19.4. The summed E-state index contributed by atoms with van der Waals surface area (Å²) < 4.78 is 37.7. The van der Waals surface area contributed by atoms with E-state index in [9.17, 15) is 13.2 Å². The van der Waals surface area contributed by atoms with E-state index in [4.69, 9.17) is 0 Å². The molecule has 0 saturated heterocycles.